The van der Waals surface area contributed by atoms with Crippen LogP contribution in [-0.4, -0.2) is 15.3 Å². The number of nitrogens with zero attached hydrogens (tertiary/aromatic N) is 2. The Morgan fingerprint density at radius 3 is 2.35 bits per heavy atom. The van der Waals surface area contributed by atoms with Crippen LogP contribution in [0.15, 0.2) is 58.7 Å². The summed E-state index contributed by atoms with van der Waals surface area (Å²) < 4.78 is 1.54. The minimum absolute atomic E-state index is 0.00567. The second-order valence-corrected chi connectivity index (χ2v) is 11.3. The SMILES string of the molecule is CC1(C)CC(=O)c2cc(-c3nc(-c4ccc(Cl)cc4)cs3)c(=O)n(-c3cc(Cl)ccc3Cl)c2C1. The topological polar surface area (TPSA) is 52.0 Å². The third-order valence-electron chi connectivity index (χ3n) is 5.91. The number of ketones is 1. The van der Waals surface area contributed by atoms with Gasteiger partial charge in [-0.25, -0.2) is 4.98 Å². The lowest BCUT2D eigenvalue weighted by Crippen LogP contribution is -2.35. The Kier molecular flexibility index (Phi) is 5.93. The first-order chi connectivity index (χ1) is 16.1. The minimum atomic E-state index is -0.287. The lowest BCUT2D eigenvalue weighted by molar-refractivity contribution is 0.0909. The van der Waals surface area contributed by atoms with E-state index in [4.69, 9.17) is 39.8 Å². The van der Waals surface area contributed by atoms with E-state index in [-0.39, 0.29) is 16.8 Å². The number of aromatic nitrogens is 2. The largest absolute Gasteiger partial charge is 0.294 e. The van der Waals surface area contributed by atoms with Crippen LogP contribution in [0.1, 0.15) is 36.3 Å². The minimum Gasteiger partial charge on any atom is -0.294 e. The molecule has 2 aromatic carbocycles. The third kappa shape index (κ3) is 4.22. The first-order valence-corrected chi connectivity index (χ1v) is 12.6. The van der Waals surface area contributed by atoms with E-state index in [2.05, 4.69) is 0 Å². The van der Waals surface area contributed by atoms with E-state index < -0.39 is 0 Å². The van der Waals surface area contributed by atoms with Gasteiger partial charge in [-0.05, 0) is 48.2 Å². The normalized spacial score (nSPS) is 14.8. The lowest BCUT2D eigenvalue weighted by Gasteiger charge is -2.32. The third-order valence-corrected chi connectivity index (χ3v) is 7.59. The van der Waals surface area contributed by atoms with Gasteiger partial charge < -0.3 is 0 Å². The van der Waals surface area contributed by atoms with E-state index in [0.29, 0.717) is 55.4 Å². The van der Waals surface area contributed by atoms with Gasteiger partial charge in [0.15, 0.2) is 5.78 Å². The fourth-order valence-electron chi connectivity index (χ4n) is 4.33. The van der Waals surface area contributed by atoms with Gasteiger partial charge in [-0.15, -0.1) is 11.3 Å². The molecular formula is C26H19Cl3N2O2S. The first-order valence-electron chi connectivity index (χ1n) is 10.6. The smallest absolute Gasteiger partial charge is 0.265 e. The van der Waals surface area contributed by atoms with Crippen molar-refractivity contribution in [2.75, 3.05) is 0 Å². The molecule has 1 aliphatic rings. The number of benzene rings is 2. The molecule has 1 aliphatic carbocycles. The summed E-state index contributed by atoms with van der Waals surface area (Å²) in [6.45, 7) is 4.05. The van der Waals surface area contributed by atoms with Gasteiger partial charge in [0.05, 0.1) is 22.0 Å². The predicted octanol–water partition coefficient (Wildman–Crippen LogP) is 7.74. The van der Waals surface area contributed by atoms with Crippen LogP contribution in [0.25, 0.3) is 27.5 Å². The van der Waals surface area contributed by atoms with Crippen LogP contribution < -0.4 is 5.56 Å². The molecule has 34 heavy (non-hydrogen) atoms. The molecular weight excluding hydrogens is 511 g/mol. The molecule has 0 saturated carbocycles. The molecule has 0 fully saturated rings. The maximum absolute atomic E-state index is 13.9. The zero-order valence-corrected chi connectivity index (χ0v) is 21.4. The Labute approximate surface area is 215 Å². The van der Waals surface area contributed by atoms with Gasteiger partial charge in [0, 0.05) is 38.7 Å². The van der Waals surface area contributed by atoms with Gasteiger partial charge in [0.1, 0.15) is 5.01 Å². The van der Waals surface area contributed by atoms with E-state index in [0.717, 1.165) is 11.3 Å². The number of Topliss-reactive ketones (excluding diaryl/α,β-unsaturated/α-hetero) is 1. The van der Waals surface area contributed by atoms with Crippen molar-refractivity contribution in [3.63, 3.8) is 0 Å². The van der Waals surface area contributed by atoms with Crippen molar-refractivity contribution in [1.29, 1.82) is 0 Å². The van der Waals surface area contributed by atoms with Crippen LogP contribution in [0, 0.1) is 5.41 Å². The number of hydrogen-bond donors (Lipinski definition) is 0. The first kappa shape index (κ1) is 23.3. The van der Waals surface area contributed by atoms with Crippen molar-refractivity contribution >= 4 is 51.9 Å². The Hall–Kier alpha value is -2.44. The number of fused-ring (bicyclic) bond motifs is 1. The predicted molar refractivity (Wildman–Crippen MR) is 140 cm³/mol. The van der Waals surface area contributed by atoms with Crippen molar-refractivity contribution in [3.8, 4) is 27.5 Å². The van der Waals surface area contributed by atoms with Gasteiger partial charge in [-0.2, -0.15) is 0 Å². The molecule has 5 rings (SSSR count). The molecule has 0 saturated heterocycles. The number of thiazole rings is 1. The number of halogens is 3. The molecule has 2 aromatic heterocycles. The summed E-state index contributed by atoms with van der Waals surface area (Å²) >= 11 is 20.1. The Morgan fingerprint density at radius 1 is 0.912 bits per heavy atom. The number of carbonyl (C=O) groups excluding carboxylic acids is 1. The monoisotopic (exact) mass is 528 g/mol. The van der Waals surface area contributed by atoms with Crippen molar-refractivity contribution in [2.24, 2.45) is 5.41 Å². The van der Waals surface area contributed by atoms with Crippen LogP contribution in [-0.2, 0) is 6.42 Å². The molecule has 0 spiro atoms. The fraction of sp³-hybridized carbons (Fsp3) is 0.192. The highest BCUT2D eigenvalue weighted by molar-refractivity contribution is 7.13. The van der Waals surface area contributed by atoms with Crippen molar-refractivity contribution in [3.05, 3.63) is 90.6 Å². The van der Waals surface area contributed by atoms with Crippen LogP contribution >= 0.6 is 46.1 Å². The van der Waals surface area contributed by atoms with Gasteiger partial charge in [0.25, 0.3) is 5.56 Å². The average Bonchev–Trinajstić information content (AvgIpc) is 3.25. The van der Waals surface area contributed by atoms with Crippen molar-refractivity contribution in [1.82, 2.24) is 9.55 Å². The molecule has 0 N–H and O–H groups in total. The Bertz CT molecular complexity index is 1500. The van der Waals surface area contributed by atoms with Crippen molar-refractivity contribution in [2.45, 2.75) is 26.7 Å². The van der Waals surface area contributed by atoms with Gasteiger partial charge in [-0.1, -0.05) is 60.8 Å². The van der Waals surface area contributed by atoms with Gasteiger partial charge >= 0.3 is 0 Å². The number of rotatable bonds is 3. The molecule has 0 aliphatic heterocycles. The zero-order valence-electron chi connectivity index (χ0n) is 18.4. The van der Waals surface area contributed by atoms with Gasteiger partial charge in [-0.3, -0.25) is 14.2 Å². The fourth-order valence-corrected chi connectivity index (χ4v) is 5.66. The lowest BCUT2D eigenvalue weighted by atomic mass is 9.75. The summed E-state index contributed by atoms with van der Waals surface area (Å²) in [5, 5.41) is 3.88. The highest BCUT2D eigenvalue weighted by Gasteiger charge is 2.35. The highest BCUT2D eigenvalue weighted by atomic mass is 35.5. The zero-order chi connectivity index (χ0) is 24.2. The Balaban J connectivity index is 1.75. The van der Waals surface area contributed by atoms with Crippen molar-refractivity contribution < 1.29 is 4.79 Å². The number of pyridine rings is 1. The number of carbonyl (C=O) groups is 1. The summed E-state index contributed by atoms with van der Waals surface area (Å²) in [4.78, 5) is 31.8. The highest BCUT2D eigenvalue weighted by Crippen LogP contribution is 2.38. The average molecular weight is 530 g/mol. The molecule has 2 heterocycles. The van der Waals surface area contributed by atoms with E-state index in [1.807, 2.05) is 31.4 Å². The Morgan fingerprint density at radius 2 is 1.62 bits per heavy atom. The molecule has 0 amide bonds. The van der Waals surface area contributed by atoms with E-state index in [9.17, 15) is 9.59 Å². The molecule has 8 heteroatoms. The maximum Gasteiger partial charge on any atom is 0.265 e. The summed E-state index contributed by atoms with van der Waals surface area (Å²) in [7, 11) is 0. The molecule has 0 unspecified atom stereocenters. The van der Waals surface area contributed by atoms with Crippen LogP contribution in [0.2, 0.25) is 15.1 Å². The maximum atomic E-state index is 13.9. The van der Waals surface area contributed by atoms with Crippen LogP contribution in [0.4, 0.5) is 0 Å². The summed E-state index contributed by atoms with van der Waals surface area (Å²) in [6, 6.07) is 14.0. The molecule has 4 aromatic rings. The summed E-state index contributed by atoms with van der Waals surface area (Å²) in [5.41, 5.74) is 3.03. The second kappa shape index (κ2) is 8.65. The quantitative estimate of drug-likeness (QED) is 0.273. The molecule has 0 atom stereocenters. The van der Waals surface area contributed by atoms with Crippen LogP contribution in [0.3, 0.4) is 0 Å². The van der Waals surface area contributed by atoms with E-state index in [1.54, 1.807) is 41.0 Å². The molecule has 4 nitrogen and oxygen atoms in total. The molecule has 172 valence electrons. The van der Waals surface area contributed by atoms with E-state index >= 15 is 0 Å². The number of hydrogen-bond acceptors (Lipinski definition) is 4. The van der Waals surface area contributed by atoms with Gasteiger partial charge in [0.2, 0.25) is 0 Å². The summed E-state index contributed by atoms with van der Waals surface area (Å²) in [6.07, 6.45) is 0.954. The summed E-state index contributed by atoms with van der Waals surface area (Å²) in [5.74, 6) is -0.00567. The standard InChI is InChI=1S/C26H19Cl3N2O2S/c1-26(2)11-22-17(23(32)12-26)10-18(25(33)31(22)21-9-16(28)7-8-19(21)29)24-30-20(13-34-24)14-3-5-15(27)6-4-14/h3-10,13H,11-12H2,1-2H3. The molecule has 0 radical (unpaired) electrons. The molecule has 0 bridgehead atoms. The second-order valence-electron chi connectivity index (χ2n) is 9.14. The van der Waals surface area contributed by atoms with E-state index in [1.165, 1.54) is 11.3 Å². The van der Waals surface area contributed by atoms with Crippen LogP contribution in [0.5, 0.6) is 0 Å².